The lowest BCUT2D eigenvalue weighted by Gasteiger charge is -2.35. The summed E-state index contributed by atoms with van der Waals surface area (Å²) >= 11 is 6.07. The first kappa shape index (κ1) is 16.1. The maximum atomic E-state index is 11.8. The molecule has 0 unspecified atom stereocenters. The predicted molar refractivity (Wildman–Crippen MR) is 88.2 cm³/mol. The van der Waals surface area contributed by atoms with Crippen molar-refractivity contribution in [3.63, 3.8) is 0 Å². The number of rotatable bonds is 4. The standard InChI is InChI=1S/C16H24ClN3O/c1-11(2)20-8-6-12(7-9-20)19-13-4-5-15(17)14(10-13)16(21)18-3/h4-5,10-12,19H,6-9H2,1-3H3,(H,18,21). The molecule has 1 aromatic carbocycles. The van der Waals surface area contributed by atoms with Crippen LogP contribution < -0.4 is 10.6 Å². The van der Waals surface area contributed by atoms with Crippen molar-refractivity contribution in [2.24, 2.45) is 0 Å². The number of benzene rings is 1. The van der Waals surface area contributed by atoms with Gasteiger partial charge in [-0.3, -0.25) is 4.79 Å². The number of anilines is 1. The van der Waals surface area contributed by atoms with E-state index < -0.39 is 0 Å². The summed E-state index contributed by atoms with van der Waals surface area (Å²) in [5.41, 5.74) is 1.48. The molecule has 1 aliphatic heterocycles. The van der Waals surface area contributed by atoms with Crippen LogP contribution in [0.3, 0.4) is 0 Å². The van der Waals surface area contributed by atoms with Crippen molar-refractivity contribution in [1.82, 2.24) is 10.2 Å². The van der Waals surface area contributed by atoms with Gasteiger partial charge < -0.3 is 15.5 Å². The molecule has 1 heterocycles. The van der Waals surface area contributed by atoms with Crippen molar-refractivity contribution in [2.45, 2.75) is 38.8 Å². The van der Waals surface area contributed by atoms with Gasteiger partial charge in [-0.15, -0.1) is 0 Å². The van der Waals surface area contributed by atoms with E-state index in [0.717, 1.165) is 31.6 Å². The number of amides is 1. The first-order valence-corrected chi connectivity index (χ1v) is 7.91. The Morgan fingerprint density at radius 3 is 2.57 bits per heavy atom. The molecule has 116 valence electrons. The summed E-state index contributed by atoms with van der Waals surface area (Å²) in [6, 6.07) is 6.61. The molecule has 0 aliphatic carbocycles. The smallest absolute Gasteiger partial charge is 0.252 e. The number of carbonyl (C=O) groups is 1. The van der Waals surface area contributed by atoms with Crippen LogP contribution in [0.25, 0.3) is 0 Å². The van der Waals surface area contributed by atoms with Gasteiger partial charge in [0.25, 0.3) is 5.91 Å². The van der Waals surface area contributed by atoms with Gasteiger partial charge in [0.1, 0.15) is 0 Å². The van der Waals surface area contributed by atoms with Crippen LogP contribution in [0.1, 0.15) is 37.0 Å². The van der Waals surface area contributed by atoms with Crippen molar-refractivity contribution in [2.75, 3.05) is 25.5 Å². The quantitative estimate of drug-likeness (QED) is 0.898. The maximum Gasteiger partial charge on any atom is 0.252 e. The molecular formula is C16H24ClN3O. The molecule has 0 radical (unpaired) electrons. The summed E-state index contributed by atoms with van der Waals surface area (Å²) in [5, 5.41) is 6.62. The Balaban J connectivity index is 1.99. The molecule has 0 spiro atoms. The summed E-state index contributed by atoms with van der Waals surface area (Å²) in [6.45, 7) is 6.71. The highest BCUT2D eigenvalue weighted by atomic mass is 35.5. The Morgan fingerprint density at radius 2 is 2.00 bits per heavy atom. The third-order valence-electron chi connectivity index (χ3n) is 4.07. The normalized spacial score (nSPS) is 17.0. The van der Waals surface area contributed by atoms with Crippen LogP contribution in [0.5, 0.6) is 0 Å². The van der Waals surface area contributed by atoms with E-state index in [4.69, 9.17) is 11.6 Å². The molecule has 1 saturated heterocycles. The highest BCUT2D eigenvalue weighted by molar-refractivity contribution is 6.34. The van der Waals surface area contributed by atoms with Gasteiger partial charge in [-0.2, -0.15) is 0 Å². The van der Waals surface area contributed by atoms with E-state index >= 15 is 0 Å². The van der Waals surface area contributed by atoms with E-state index in [1.807, 2.05) is 12.1 Å². The van der Waals surface area contributed by atoms with Gasteiger partial charge in [0.2, 0.25) is 0 Å². The molecule has 2 rings (SSSR count). The molecule has 1 fully saturated rings. The number of piperidine rings is 1. The highest BCUT2D eigenvalue weighted by Gasteiger charge is 2.21. The second-order valence-corrected chi connectivity index (χ2v) is 6.23. The SMILES string of the molecule is CNC(=O)c1cc(NC2CCN(C(C)C)CC2)ccc1Cl. The molecule has 0 atom stereocenters. The first-order chi connectivity index (χ1) is 10.0. The monoisotopic (exact) mass is 309 g/mol. The molecule has 0 bridgehead atoms. The largest absolute Gasteiger partial charge is 0.382 e. The van der Waals surface area contributed by atoms with E-state index in [9.17, 15) is 4.79 Å². The zero-order valence-electron chi connectivity index (χ0n) is 12.9. The third-order valence-corrected chi connectivity index (χ3v) is 4.40. The zero-order valence-corrected chi connectivity index (χ0v) is 13.7. The van der Waals surface area contributed by atoms with Crippen LogP contribution in [0.15, 0.2) is 18.2 Å². The maximum absolute atomic E-state index is 11.8. The number of likely N-dealkylation sites (tertiary alicyclic amines) is 1. The van der Waals surface area contributed by atoms with E-state index in [-0.39, 0.29) is 5.91 Å². The molecule has 2 N–H and O–H groups in total. The zero-order chi connectivity index (χ0) is 15.4. The lowest BCUT2D eigenvalue weighted by atomic mass is 10.0. The predicted octanol–water partition coefficient (Wildman–Crippen LogP) is 2.98. The van der Waals surface area contributed by atoms with Crippen LogP contribution in [0.4, 0.5) is 5.69 Å². The Hall–Kier alpha value is -1.26. The number of nitrogens with zero attached hydrogens (tertiary/aromatic N) is 1. The summed E-state index contributed by atoms with van der Waals surface area (Å²) < 4.78 is 0. The van der Waals surface area contributed by atoms with Gasteiger partial charge >= 0.3 is 0 Å². The molecule has 1 aliphatic rings. The molecule has 1 aromatic rings. The Labute approximate surface area is 131 Å². The van der Waals surface area contributed by atoms with E-state index in [2.05, 4.69) is 29.4 Å². The van der Waals surface area contributed by atoms with Crippen LogP contribution in [0, 0.1) is 0 Å². The molecule has 0 saturated carbocycles. The molecule has 1 amide bonds. The fourth-order valence-corrected chi connectivity index (χ4v) is 2.92. The molecule has 0 aromatic heterocycles. The van der Waals surface area contributed by atoms with Gasteiger partial charge in [0.05, 0.1) is 10.6 Å². The van der Waals surface area contributed by atoms with E-state index in [1.54, 1.807) is 13.1 Å². The summed E-state index contributed by atoms with van der Waals surface area (Å²) in [5.74, 6) is -0.154. The second kappa shape index (κ2) is 7.14. The summed E-state index contributed by atoms with van der Waals surface area (Å²) in [7, 11) is 1.61. The van der Waals surface area contributed by atoms with Crippen LogP contribution in [0.2, 0.25) is 5.02 Å². The van der Waals surface area contributed by atoms with Crippen molar-refractivity contribution < 1.29 is 4.79 Å². The van der Waals surface area contributed by atoms with Gasteiger partial charge in [-0.25, -0.2) is 0 Å². The van der Waals surface area contributed by atoms with Gasteiger partial charge in [-0.05, 0) is 44.9 Å². The first-order valence-electron chi connectivity index (χ1n) is 7.53. The molecule has 4 nitrogen and oxygen atoms in total. The average Bonchev–Trinajstić information content (AvgIpc) is 2.49. The van der Waals surface area contributed by atoms with E-state index in [0.29, 0.717) is 22.7 Å². The summed E-state index contributed by atoms with van der Waals surface area (Å²) in [4.78, 5) is 14.3. The van der Waals surface area contributed by atoms with Gasteiger partial charge in [-0.1, -0.05) is 11.6 Å². The molecular weight excluding hydrogens is 286 g/mol. The lowest BCUT2D eigenvalue weighted by Crippen LogP contribution is -2.42. The van der Waals surface area contributed by atoms with Gasteiger partial charge in [0, 0.05) is 37.9 Å². The van der Waals surface area contributed by atoms with Gasteiger partial charge in [0.15, 0.2) is 0 Å². The Morgan fingerprint density at radius 1 is 1.33 bits per heavy atom. The molecule has 21 heavy (non-hydrogen) atoms. The van der Waals surface area contributed by atoms with Crippen LogP contribution in [-0.4, -0.2) is 43.0 Å². The average molecular weight is 310 g/mol. The highest BCUT2D eigenvalue weighted by Crippen LogP contribution is 2.23. The number of halogens is 1. The topological polar surface area (TPSA) is 44.4 Å². The number of hydrogen-bond donors (Lipinski definition) is 2. The van der Waals surface area contributed by atoms with Crippen LogP contribution >= 0.6 is 11.6 Å². The minimum atomic E-state index is -0.154. The number of carbonyl (C=O) groups excluding carboxylic acids is 1. The van der Waals surface area contributed by atoms with Crippen molar-refractivity contribution in [3.8, 4) is 0 Å². The van der Waals surface area contributed by atoms with Crippen LogP contribution in [-0.2, 0) is 0 Å². The summed E-state index contributed by atoms with van der Waals surface area (Å²) in [6.07, 6.45) is 2.24. The lowest BCUT2D eigenvalue weighted by molar-refractivity contribution is 0.0963. The van der Waals surface area contributed by atoms with Crippen molar-refractivity contribution >= 4 is 23.2 Å². The fourth-order valence-electron chi connectivity index (χ4n) is 2.72. The minimum Gasteiger partial charge on any atom is -0.382 e. The van der Waals surface area contributed by atoms with Crippen molar-refractivity contribution in [3.05, 3.63) is 28.8 Å². The third kappa shape index (κ3) is 4.11. The Kier molecular flexibility index (Phi) is 5.48. The minimum absolute atomic E-state index is 0.154. The second-order valence-electron chi connectivity index (χ2n) is 5.82. The number of nitrogens with one attached hydrogen (secondary N) is 2. The number of hydrogen-bond acceptors (Lipinski definition) is 3. The van der Waals surface area contributed by atoms with Crippen molar-refractivity contribution in [1.29, 1.82) is 0 Å². The Bertz CT molecular complexity index is 496. The van der Waals surface area contributed by atoms with E-state index in [1.165, 1.54) is 0 Å². The fraction of sp³-hybridized carbons (Fsp3) is 0.562. The molecule has 5 heteroatoms.